The summed E-state index contributed by atoms with van der Waals surface area (Å²) < 4.78 is 0. The summed E-state index contributed by atoms with van der Waals surface area (Å²) in [5.74, 6) is 0.0589. The third-order valence-electron chi connectivity index (χ3n) is 4.27. The van der Waals surface area contributed by atoms with E-state index in [1.807, 2.05) is 30.5 Å². The highest BCUT2D eigenvalue weighted by Crippen LogP contribution is 2.20. The molecule has 0 saturated heterocycles. The van der Waals surface area contributed by atoms with E-state index in [4.69, 9.17) is 0 Å². The summed E-state index contributed by atoms with van der Waals surface area (Å²) in [5, 5.41) is 4.32. The minimum Gasteiger partial charge on any atom is -0.361 e. The number of amides is 1. The Morgan fingerprint density at radius 3 is 2.60 bits per heavy atom. The van der Waals surface area contributed by atoms with Gasteiger partial charge in [0.1, 0.15) is 0 Å². The van der Waals surface area contributed by atoms with E-state index in [2.05, 4.69) is 10.3 Å². The van der Waals surface area contributed by atoms with Gasteiger partial charge in [0.05, 0.1) is 11.1 Å². The molecule has 1 saturated carbocycles. The molecule has 3 nitrogen and oxygen atoms in total. The lowest BCUT2D eigenvalue weighted by Crippen LogP contribution is -2.35. The fourth-order valence-electron chi connectivity index (χ4n) is 3.14. The van der Waals surface area contributed by atoms with Crippen LogP contribution in [0.2, 0.25) is 0 Å². The second kappa shape index (κ2) is 6.12. The first-order valence-electron chi connectivity index (χ1n) is 7.71. The molecule has 1 aromatic heterocycles. The number of hydrogen-bond donors (Lipinski definition) is 2. The van der Waals surface area contributed by atoms with Crippen molar-refractivity contribution in [3.63, 3.8) is 0 Å². The van der Waals surface area contributed by atoms with E-state index >= 15 is 0 Å². The number of aromatic amines is 1. The topological polar surface area (TPSA) is 44.9 Å². The normalized spacial score (nSPS) is 17.6. The van der Waals surface area contributed by atoms with E-state index in [1.54, 1.807) is 0 Å². The number of fused-ring (bicyclic) bond motifs is 1. The van der Waals surface area contributed by atoms with Gasteiger partial charge in [0.25, 0.3) is 5.91 Å². The van der Waals surface area contributed by atoms with Gasteiger partial charge in [-0.25, -0.2) is 0 Å². The molecule has 1 aliphatic carbocycles. The highest BCUT2D eigenvalue weighted by atomic mass is 16.1. The third kappa shape index (κ3) is 2.87. The lowest BCUT2D eigenvalue weighted by atomic mass is 9.96. The van der Waals surface area contributed by atoms with Crippen LogP contribution in [0.5, 0.6) is 0 Å². The maximum atomic E-state index is 12.5. The van der Waals surface area contributed by atoms with Gasteiger partial charge in [-0.1, -0.05) is 44.2 Å². The van der Waals surface area contributed by atoms with E-state index in [0.29, 0.717) is 6.04 Å². The van der Waals surface area contributed by atoms with Gasteiger partial charge in [0.15, 0.2) is 0 Å². The van der Waals surface area contributed by atoms with Crippen molar-refractivity contribution in [3.05, 3.63) is 36.0 Å². The molecule has 1 aliphatic rings. The molecule has 106 valence electrons. The Bertz CT molecular complexity index is 579. The van der Waals surface area contributed by atoms with E-state index in [0.717, 1.165) is 29.3 Å². The zero-order valence-electron chi connectivity index (χ0n) is 11.8. The second-order valence-electron chi connectivity index (χ2n) is 5.76. The van der Waals surface area contributed by atoms with Crippen molar-refractivity contribution in [3.8, 4) is 0 Å². The van der Waals surface area contributed by atoms with Crippen LogP contribution in [0.4, 0.5) is 0 Å². The number of aromatic nitrogens is 1. The predicted molar refractivity (Wildman–Crippen MR) is 81.9 cm³/mol. The summed E-state index contributed by atoms with van der Waals surface area (Å²) in [4.78, 5) is 15.7. The van der Waals surface area contributed by atoms with E-state index < -0.39 is 0 Å². The molecular formula is C17H22N2O. The van der Waals surface area contributed by atoms with Crippen LogP contribution in [-0.4, -0.2) is 16.9 Å². The fraction of sp³-hybridized carbons (Fsp3) is 0.471. The molecule has 0 spiro atoms. The van der Waals surface area contributed by atoms with Crippen LogP contribution >= 0.6 is 0 Å². The number of para-hydroxylation sites is 1. The number of H-pyrrole nitrogens is 1. The molecule has 20 heavy (non-hydrogen) atoms. The first-order valence-corrected chi connectivity index (χ1v) is 7.71. The van der Waals surface area contributed by atoms with E-state index in [9.17, 15) is 4.79 Å². The van der Waals surface area contributed by atoms with E-state index in [1.165, 1.54) is 32.1 Å². The second-order valence-corrected chi connectivity index (χ2v) is 5.76. The van der Waals surface area contributed by atoms with Crippen LogP contribution < -0.4 is 5.32 Å². The number of hydrogen-bond acceptors (Lipinski definition) is 1. The molecule has 0 atom stereocenters. The van der Waals surface area contributed by atoms with Crippen molar-refractivity contribution in [1.29, 1.82) is 0 Å². The van der Waals surface area contributed by atoms with Crippen LogP contribution in [0.15, 0.2) is 30.5 Å². The van der Waals surface area contributed by atoms with Crippen molar-refractivity contribution in [1.82, 2.24) is 10.3 Å². The lowest BCUT2D eigenvalue weighted by Gasteiger charge is -2.21. The minimum absolute atomic E-state index is 0.0589. The molecule has 0 bridgehead atoms. The molecule has 2 N–H and O–H groups in total. The Kier molecular flexibility index (Phi) is 4.05. The molecule has 1 fully saturated rings. The lowest BCUT2D eigenvalue weighted by molar-refractivity contribution is 0.0932. The zero-order valence-corrected chi connectivity index (χ0v) is 11.8. The molecule has 1 amide bonds. The van der Waals surface area contributed by atoms with Crippen LogP contribution in [0.1, 0.15) is 55.3 Å². The first kappa shape index (κ1) is 13.2. The molecule has 0 radical (unpaired) electrons. The number of nitrogens with one attached hydrogen (secondary N) is 2. The summed E-state index contributed by atoms with van der Waals surface area (Å²) in [6, 6.07) is 8.22. The number of carbonyl (C=O) groups is 1. The number of carbonyl (C=O) groups excluding carboxylic acids is 1. The maximum Gasteiger partial charge on any atom is 0.253 e. The van der Waals surface area contributed by atoms with Crippen molar-refractivity contribution >= 4 is 16.8 Å². The van der Waals surface area contributed by atoms with Gasteiger partial charge >= 0.3 is 0 Å². The Balaban J connectivity index is 1.73. The minimum atomic E-state index is 0.0589. The number of benzene rings is 1. The zero-order chi connectivity index (χ0) is 13.8. The van der Waals surface area contributed by atoms with Gasteiger partial charge in [0.2, 0.25) is 0 Å². The number of rotatable bonds is 2. The Labute approximate surface area is 119 Å². The molecule has 3 rings (SSSR count). The Hall–Kier alpha value is -1.77. The quantitative estimate of drug-likeness (QED) is 0.851. The summed E-state index contributed by atoms with van der Waals surface area (Å²) >= 11 is 0. The Morgan fingerprint density at radius 2 is 1.80 bits per heavy atom. The largest absolute Gasteiger partial charge is 0.361 e. The SMILES string of the molecule is O=C(NC1CCCCCCC1)c1cccc2cc[nH]c12. The molecule has 0 unspecified atom stereocenters. The van der Waals surface area contributed by atoms with Crippen LogP contribution in [-0.2, 0) is 0 Å². The predicted octanol–water partition coefficient (Wildman–Crippen LogP) is 4.01. The summed E-state index contributed by atoms with van der Waals surface area (Å²) in [5.41, 5.74) is 1.70. The summed E-state index contributed by atoms with van der Waals surface area (Å²) in [6.45, 7) is 0. The molecular weight excluding hydrogens is 248 g/mol. The van der Waals surface area contributed by atoms with Crippen molar-refractivity contribution in [2.24, 2.45) is 0 Å². The van der Waals surface area contributed by atoms with Gasteiger partial charge in [-0.3, -0.25) is 4.79 Å². The highest BCUT2D eigenvalue weighted by molar-refractivity contribution is 6.05. The monoisotopic (exact) mass is 270 g/mol. The Morgan fingerprint density at radius 1 is 1.05 bits per heavy atom. The maximum absolute atomic E-state index is 12.5. The standard InChI is InChI=1S/C17H22N2O/c20-17(19-14-8-4-2-1-3-5-9-14)15-10-6-7-13-11-12-18-16(13)15/h6-7,10-12,14,18H,1-5,8-9H2,(H,19,20). The van der Waals surface area contributed by atoms with Gasteiger partial charge in [0, 0.05) is 17.6 Å². The van der Waals surface area contributed by atoms with Gasteiger partial charge in [-0.2, -0.15) is 0 Å². The van der Waals surface area contributed by atoms with Crippen molar-refractivity contribution in [2.75, 3.05) is 0 Å². The van der Waals surface area contributed by atoms with Crippen LogP contribution in [0.3, 0.4) is 0 Å². The van der Waals surface area contributed by atoms with Crippen molar-refractivity contribution in [2.45, 2.75) is 51.0 Å². The van der Waals surface area contributed by atoms with Crippen LogP contribution in [0, 0.1) is 0 Å². The smallest absolute Gasteiger partial charge is 0.253 e. The first-order chi connectivity index (χ1) is 9.84. The van der Waals surface area contributed by atoms with Gasteiger partial charge in [-0.05, 0) is 25.0 Å². The van der Waals surface area contributed by atoms with Crippen LogP contribution in [0.25, 0.3) is 10.9 Å². The fourth-order valence-corrected chi connectivity index (χ4v) is 3.14. The molecule has 3 heteroatoms. The third-order valence-corrected chi connectivity index (χ3v) is 4.27. The molecule has 1 aromatic carbocycles. The molecule has 0 aliphatic heterocycles. The molecule has 2 aromatic rings. The highest BCUT2D eigenvalue weighted by Gasteiger charge is 2.16. The summed E-state index contributed by atoms with van der Waals surface area (Å²) in [6.07, 6.45) is 10.5. The average molecular weight is 270 g/mol. The van der Waals surface area contributed by atoms with E-state index in [-0.39, 0.29) is 5.91 Å². The van der Waals surface area contributed by atoms with Gasteiger partial charge in [-0.15, -0.1) is 0 Å². The van der Waals surface area contributed by atoms with Gasteiger partial charge < -0.3 is 10.3 Å². The van der Waals surface area contributed by atoms with Crippen molar-refractivity contribution < 1.29 is 4.79 Å². The summed E-state index contributed by atoms with van der Waals surface area (Å²) in [7, 11) is 0. The molecule has 1 heterocycles. The average Bonchev–Trinajstić information content (AvgIpc) is 2.89.